The van der Waals surface area contributed by atoms with Crippen molar-refractivity contribution in [3.05, 3.63) is 24.3 Å². The van der Waals surface area contributed by atoms with E-state index in [1.807, 2.05) is 0 Å². The Kier molecular flexibility index (Phi) is 3.60. The fourth-order valence-corrected chi connectivity index (χ4v) is 1.64. The van der Waals surface area contributed by atoms with E-state index in [4.69, 9.17) is 12.2 Å². The highest BCUT2D eigenvalue weighted by atomic mass is 32.1. The number of hydrogen-bond donors (Lipinski definition) is 2. The molecule has 0 atom stereocenters. The highest BCUT2D eigenvalue weighted by Crippen LogP contribution is 2.25. The minimum absolute atomic E-state index is 0.276. The number of alkyl halides is 3. The molecule has 1 aromatic carbocycles. The van der Waals surface area contributed by atoms with E-state index in [1.54, 1.807) is 6.07 Å². The fourth-order valence-electron chi connectivity index (χ4n) is 1.35. The fraction of sp³-hybridized carbons (Fsp3) is 0.364. The topological polar surface area (TPSA) is 33.3 Å². The van der Waals surface area contributed by atoms with Crippen LogP contribution in [0.15, 0.2) is 24.3 Å². The first kappa shape index (κ1) is 12.9. The first-order valence-electron chi connectivity index (χ1n) is 5.36. The van der Waals surface area contributed by atoms with E-state index < -0.39 is 6.36 Å². The smallest absolute Gasteiger partial charge is 0.406 e. The Morgan fingerprint density at radius 2 is 2.06 bits per heavy atom. The zero-order chi connectivity index (χ0) is 13.2. The Balaban J connectivity index is 1.95. The van der Waals surface area contributed by atoms with Gasteiger partial charge in [0.05, 0.1) is 0 Å². The summed E-state index contributed by atoms with van der Waals surface area (Å²) in [6, 6.07) is 5.94. The number of ether oxygens (including phenoxy) is 1. The van der Waals surface area contributed by atoms with Crippen LogP contribution in [0.5, 0.6) is 5.75 Å². The monoisotopic (exact) mass is 276 g/mol. The van der Waals surface area contributed by atoms with Crippen molar-refractivity contribution in [2.75, 3.05) is 5.32 Å². The summed E-state index contributed by atoms with van der Waals surface area (Å²) in [5.41, 5.74) is 0.454. The highest BCUT2D eigenvalue weighted by molar-refractivity contribution is 7.80. The molecule has 0 spiro atoms. The van der Waals surface area contributed by atoms with Gasteiger partial charge in [-0.15, -0.1) is 13.2 Å². The third-order valence-corrected chi connectivity index (χ3v) is 2.46. The lowest BCUT2D eigenvalue weighted by Crippen LogP contribution is -2.30. The van der Waals surface area contributed by atoms with Gasteiger partial charge in [0.1, 0.15) is 5.75 Å². The van der Waals surface area contributed by atoms with Gasteiger partial charge in [0.15, 0.2) is 5.11 Å². The number of halogens is 3. The molecule has 0 amide bonds. The molecule has 3 nitrogen and oxygen atoms in total. The second-order valence-corrected chi connectivity index (χ2v) is 4.36. The molecule has 2 N–H and O–H groups in total. The SMILES string of the molecule is FC(F)(F)Oc1cccc(NC(=S)NC2CC2)c1. The summed E-state index contributed by atoms with van der Waals surface area (Å²) >= 11 is 5.02. The molecular formula is C11H11F3N2OS. The van der Waals surface area contributed by atoms with Crippen molar-refractivity contribution in [1.82, 2.24) is 5.32 Å². The molecule has 1 saturated carbocycles. The second-order valence-electron chi connectivity index (χ2n) is 3.95. The minimum Gasteiger partial charge on any atom is -0.406 e. The van der Waals surface area contributed by atoms with Gasteiger partial charge in [0.2, 0.25) is 0 Å². The molecule has 98 valence electrons. The molecule has 0 radical (unpaired) electrons. The van der Waals surface area contributed by atoms with Crippen LogP contribution in [0, 0.1) is 0 Å². The van der Waals surface area contributed by atoms with E-state index in [1.165, 1.54) is 18.2 Å². The van der Waals surface area contributed by atoms with Crippen LogP contribution in [-0.4, -0.2) is 17.5 Å². The maximum absolute atomic E-state index is 12.0. The maximum Gasteiger partial charge on any atom is 0.573 e. The molecular weight excluding hydrogens is 265 g/mol. The second kappa shape index (κ2) is 5.01. The largest absolute Gasteiger partial charge is 0.573 e. The Morgan fingerprint density at radius 3 is 2.67 bits per heavy atom. The molecule has 0 bridgehead atoms. The zero-order valence-corrected chi connectivity index (χ0v) is 10.1. The highest BCUT2D eigenvalue weighted by Gasteiger charge is 2.31. The van der Waals surface area contributed by atoms with E-state index in [2.05, 4.69) is 15.4 Å². The molecule has 18 heavy (non-hydrogen) atoms. The van der Waals surface area contributed by atoms with Crippen molar-refractivity contribution in [3.63, 3.8) is 0 Å². The van der Waals surface area contributed by atoms with E-state index >= 15 is 0 Å². The number of anilines is 1. The summed E-state index contributed by atoms with van der Waals surface area (Å²) in [6.07, 6.45) is -2.55. The van der Waals surface area contributed by atoms with Crippen molar-refractivity contribution in [1.29, 1.82) is 0 Å². The number of benzene rings is 1. The van der Waals surface area contributed by atoms with Crippen LogP contribution in [0.1, 0.15) is 12.8 Å². The molecule has 0 unspecified atom stereocenters. The van der Waals surface area contributed by atoms with E-state index in [0.717, 1.165) is 12.8 Å². The van der Waals surface area contributed by atoms with Crippen LogP contribution in [-0.2, 0) is 0 Å². The predicted molar refractivity (Wildman–Crippen MR) is 65.5 cm³/mol. The van der Waals surface area contributed by atoms with Gasteiger partial charge in [0, 0.05) is 17.8 Å². The molecule has 1 aromatic rings. The van der Waals surface area contributed by atoms with E-state index in [0.29, 0.717) is 16.8 Å². The van der Waals surface area contributed by atoms with Crippen LogP contribution in [0.4, 0.5) is 18.9 Å². The third-order valence-electron chi connectivity index (χ3n) is 2.24. The van der Waals surface area contributed by atoms with Gasteiger partial charge in [-0.2, -0.15) is 0 Å². The van der Waals surface area contributed by atoms with Gasteiger partial charge in [-0.05, 0) is 37.2 Å². The quantitative estimate of drug-likeness (QED) is 0.831. The lowest BCUT2D eigenvalue weighted by atomic mass is 10.3. The predicted octanol–water partition coefficient (Wildman–Crippen LogP) is 3.03. The van der Waals surface area contributed by atoms with Crippen LogP contribution in [0.25, 0.3) is 0 Å². The van der Waals surface area contributed by atoms with E-state index in [-0.39, 0.29) is 5.75 Å². The molecule has 1 aliphatic rings. The third kappa shape index (κ3) is 4.40. The number of rotatable bonds is 3. The summed E-state index contributed by atoms with van der Waals surface area (Å²) in [4.78, 5) is 0. The number of nitrogens with one attached hydrogen (secondary N) is 2. The summed E-state index contributed by atoms with van der Waals surface area (Å²) in [5.74, 6) is -0.276. The first-order chi connectivity index (χ1) is 8.42. The molecule has 0 heterocycles. The molecule has 1 fully saturated rings. The molecule has 0 aliphatic heterocycles. The molecule has 0 aromatic heterocycles. The summed E-state index contributed by atoms with van der Waals surface area (Å²) in [7, 11) is 0. The lowest BCUT2D eigenvalue weighted by molar-refractivity contribution is -0.274. The van der Waals surface area contributed by atoms with Crippen LogP contribution in [0.2, 0.25) is 0 Å². The van der Waals surface area contributed by atoms with Crippen molar-refractivity contribution < 1.29 is 17.9 Å². The van der Waals surface area contributed by atoms with Gasteiger partial charge >= 0.3 is 6.36 Å². The average molecular weight is 276 g/mol. The van der Waals surface area contributed by atoms with Gasteiger partial charge in [0.25, 0.3) is 0 Å². The average Bonchev–Trinajstić information content (AvgIpc) is 2.98. The summed E-state index contributed by atoms with van der Waals surface area (Å²) in [5, 5.41) is 6.24. The molecule has 2 rings (SSSR count). The Bertz CT molecular complexity index is 446. The van der Waals surface area contributed by atoms with Crippen LogP contribution >= 0.6 is 12.2 Å². The normalized spacial score (nSPS) is 15.1. The number of thiocarbonyl (C=S) groups is 1. The van der Waals surface area contributed by atoms with Crippen LogP contribution < -0.4 is 15.4 Å². The van der Waals surface area contributed by atoms with E-state index in [9.17, 15) is 13.2 Å². The van der Waals surface area contributed by atoms with Gasteiger partial charge in [-0.25, -0.2) is 0 Å². The molecule has 7 heteroatoms. The Hall–Kier alpha value is -1.50. The van der Waals surface area contributed by atoms with Crippen LogP contribution in [0.3, 0.4) is 0 Å². The van der Waals surface area contributed by atoms with Crippen molar-refractivity contribution in [2.24, 2.45) is 0 Å². The van der Waals surface area contributed by atoms with Gasteiger partial charge in [-0.1, -0.05) is 6.07 Å². The molecule has 0 saturated heterocycles. The lowest BCUT2D eigenvalue weighted by Gasteiger charge is -2.12. The van der Waals surface area contributed by atoms with Gasteiger partial charge < -0.3 is 15.4 Å². The first-order valence-corrected chi connectivity index (χ1v) is 5.76. The Morgan fingerprint density at radius 1 is 1.33 bits per heavy atom. The minimum atomic E-state index is -4.69. The van der Waals surface area contributed by atoms with Crippen molar-refractivity contribution >= 4 is 23.0 Å². The zero-order valence-electron chi connectivity index (χ0n) is 9.25. The number of hydrogen-bond acceptors (Lipinski definition) is 2. The maximum atomic E-state index is 12.0. The van der Waals surface area contributed by atoms with Crippen molar-refractivity contribution in [2.45, 2.75) is 25.2 Å². The molecule has 1 aliphatic carbocycles. The summed E-state index contributed by atoms with van der Waals surface area (Å²) < 4.78 is 39.9. The Labute approximate surface area is 107 Å². The van der Waals surface area contributed by atoms with Crippen molar-refractivity contribution in [3.8, 4) is 5.75 Å². The standard InChI is InChI=1S/C11H11F3N2OS/c12-11(13,14)17-9-3-1-2-8(6-9)16-10(18)15-7-4-5-7/h1-3,6-7H,4-5H2,(H2,15,16,18). The summed E-state index contributed by atoms with van der Waals surface area (Å²) in [6.45, 7) is 0. The van der Waals surface area contributed by atoms with Gasteiger partial charge in [-0.3, -0.25) is 0 Å².